The highest BCUT2D eigenvalue weighted by Gasteiger charge is 2.47. The van der Waals surface area contributed by atoms with Crippen LogP contribution in [0.25, 0.3) is 0 Å². The Kier molecular flexibility index (Phi) is 22.0. The molecule has 0 saturated carbocycles. The summed E-state index contributed by atoms with van der Waals surface area (Å²) in [5.74, 6) is -0.955. The van der Waals surface area contributed by atoms with Gasteiger partial charge in [-0.1, -0.05) is 84.5 Å². The number of aliphatic hydroxyl groups is 7. The number of aliphatic hydroxyl groups excluding tert-OH is 7. The molecule has 0 amide bonds. The lowest BCUT2D eigenvalue weighted by atomic mass is 9.98. The maximum atomic E-state index is 12.7. The van der Waals surface area contributed by atoms with Crippen LogP contribution in [0, 0.1) is 0 Å². The van der Waals surface area contributed by atoms with Gasteiger partial charge in [-0.25, -0.2) is 0 Å². The first-order chi connectivity index (χ1) is 23.5. The van der Waals surface area contributed by atoms with Crippen LogP contribution in [0.2, 0.25) is 0 Å². The molecule has 15 heteroatoms. The average Bonchev–Trinajstić information content (AvgIpc) is 3.09. The van der Waals surface area contributed by atoms with E-state index < -0.39 is 92.7 Å². The second-order valence-electron chi connectivity index (χ2n) is 13.1. The fourth-order valence-corrected chi connectivity index (χ4v) is 5.68. The Morgan fingerprint density at radius 1 is 0.571 bits per heavy atom. The van der Waals surface area contributed by atoms with Crippen LogP contribution < -0.4 is 0 Å². The minimum Gasteiger partial charge on any atom is -0.462 e. The Hall–Kier alpha value is -1.50. The minimum atomic E-state index is -1.75. The summed E-state index contributed by atoms with van der Waals surface area (Å²) in [7, 11) is 0. The van der Waals surface area contributed by atoms with E-state index in [-0.39, 0.29) is 26.1 Å². The normalized spacial score (nSPS) is 31.0. The maximum Gasteiger partial charge on any atom is 0.306 e. The summed E-state index contributed by atoms with van der Waals surface area (Å²) in [6.07, 6.45) is -2.89. The van der Waals surface area contributed by atoms with Crippen LogP contribution in [-0.2, 0) is 38.0 Å². The fraction of sp³-hybridized carbons (Fsp3) is 0.941. The van der Waals surface area contributed by atoms with Gasteiger partial charge in [-0.05, 0) is 12.8 Å². The molecule has 0 spiro atoms. The molecule has 0 aliphatic carbocycles. The summed E-state index contributed by atoms with van der Waals surface area (Å²) in [5.41, 5.74) is 0. The van der Waals surface area contributed by atoms with E-state index in [1.165, 1.54) is 38.5 Å². The molecule has 0 aromatic heterocycles. The van der Waals surface area contributed by atoms with Gasteiger partial charge in [-0.15, -0.1) is 0 Å². The highest BCUT2D eigenvalue weighted by molar-refractivity contribution is 5.70. The Balaban J connectivity index is 1.90. The summed E-state index contributed by atoms with van der Waals surface area (Å²) in [6, 6.07) is 0. The molecule has 2 saturated heterocycles. The van der Waals surface area contributed by atoms with Crippen molar-refractivity contribution in [2.24, 2.45) is 0 Å². The molecule has 2 aliphatic heterocycles. The van der Waals surface area contributed by atoms with Crippen LogP contribution in [0.3, 0.4) is 0 Å². The van der Waals surface area contributed by atoms with E-state index in [9.17, 15) is 45.3 Å². The van der Waals surface area contributed by atoms with Crippen LogP contribution in [0.4, 0.5) is 0 Å². The number of hydrogen-bond donors (Lipinski definition) is 7. The topological polar surface area (TPSA) is 231 Å². The molecule has 11 atom stereocenters. The number of carbonyl (C=O) groups is 2. The van der Waals surface area contributed by atoms with E-state index in [0.717, 1.165) is 32.1 Å². The van der Waals surface area contributed by atoms with Gasteiger partial charge in [0.05, 0.1) is 19.8 Å². The standard InChI is InChI=1S/C34H62O15/c1-3-5-7-8-9-10-11-12-13-15-17-26(37)47-22(19-44-25(36)16-14-6-4-2)20-45-33-32(43)30(41)28(39)24(49-33)21-46-34-31(42)29(40)27(38)23(18-35)48-34/h22-24,27-35,38-43H,3-21H2,1-2H3/t22-,23-,24-,27+,28+,29+,30+,31-,32-,33-,34+/m1/s1. The third-order valence-electron chi connectivity index (χ3n) is 8.84. The number of esters is 2. The van der Waals surface area contributed by atoms with Crippen LogP contribution in [0.5, 0.6) is 0 Å². The summed E-state index contributed by atoms with van der Waals surface area (Å²) in [4.78, 5) is 24.9. The maximum absolute atomic E-state index is 12.7. The minimum absolute atomic E-state index is 0.169. The van der Waals surface area contributed by atoms with E-state index in [0.29, 0.717) is 12.8 Å². The van der Waals surface area contributed by atoms with Crippen molar-refractivity contribution in [1.29, 1.82) is 0 Å². The summed E-state index contributed by atoms with van der Waals surface area (Å²) in [6.45, 7) is 2.33. The van der Waals surface area contributed by atoms with E-state index in [2.05, 4.69) is 6.92 Å². The molecule has 288 valence electrons. The van der Waals surface area contributed by atoms with Crippen molar-refractivity contribution in [1.82, 2.24) is 0 Å². The predicted molar refractivity (Wildman–Crippen MR) is 174 cm³/mol. The number of unbranched alkanes of at least 4 members (excludes halogenated alkanes) is 11. The molecule has 0 unspecified atom stereocenters. The number of hydrogen-bond acceptors (Lipinski definition) is 15. The van der Waals surface area contributed by atoms with Gasteiger partial charge in [0.1, 0.15) is 55.4 Å². The smallest absolute Gasteiger partial charge is 0.306 e. The predicted octanol–water partition coefficient (Wildman–Crippen LogP) is 0.973. The Labute approximate surface area is 289 Å². The van der Waals surface area contributed by atoms with Crippen molar-refractivity contribution < 1.29 is 73.8 Å². The lowest BCUT2D eigenvalue weighted by Crippen LogP contribution is -2.61. The zero-order valence-corrected chi connectivity index (χ0v) is 29.2. The van der Waals surface area contributed by atoms with Crippen LogP contribution in [0.15, 0.2) is 0 Å². The summed E-state index contributed by atoms with van der Waals surface area (Å²) in [5, 5.41) is 71.1. The third-order valence-corrected chi connectivity index (χ3v) is 8.84. The molecule has 0 bridgehead atoms. The van der Waals surface area contributed by atoms with Crippen molar-refractivity contribution in [2.45, 2.75) is 178 Å². The third kappa shape index (κ3) is 15.7. The SMILES string of the molecule is CCCCCCCCCCCCC(=O)O[C@H](COC(=O)CCCCC)CO[C@@H]1O[C@H](CO[C@H]2O[C@H](CO)[C@H](O)[C@H](O)[C@H]2O)[C@H](O)[C@H](O)[C@H]1O. The van der Waals surface area contributed by atoms with Crippen molar-refractivity contribution >= 4 is 11.9 Å². The van der Waals surface area contributed by atoms with Gasteiger partial charge in [0.15, 0.2) is 18.7 Å². The van der Waals surface area contributed by atoms with Gasteiger partial charge in [0, 0.05) is 12.8 Å². The molecule has 0 radical (unpaired) electrons. The van der Waals surface area contributed by atoms with Gasteiger partial charge < -0.3 is 64.2 Å². The van der Waals surface area contributed by atoms with Gasteiger partial charge in [-0.2, -0.15) is 0 Å². The molecule has 2 rings (SSSR count). The van der Waals surface area contributed by atoms with Crippen molar-refractivity contribution in [2.75, 3.05) is 26.4 Å². The quantitative estimate of drug-likeness (QED) is 0.0517. The van der Waals surface area contributed by atoms with Crippen LogP contribution in [0.1, 0.15) is 110 Å². The highest BCUT2D eigenvalue weighted by Crippen LogP contribution is 2.26. The molecule has 0 aromatic carbocycles. The van der Waals surface area contributed by atoms with Crippen molar-refractivity contribution in [3.05, 3.63) is 0 Å². The van der Waals surface area contributed by atoms with E-state index in [1.807, 2.05) is 6.92 Å². The average molecular weight is 711 g/mol. The van der Waals surface area contributed by atoms with Crippen LogP contribution >= 0.6 is 0 Å². The van der Waals surface area contributed by atoms with Gasteiger partial charge in [0.2, 0.25) is 0 Å². The lowest BCUT2D eigenvalue weighted by molar-refractivity contribution is -0.332. The van der Waals surface area contributed by atoms with Gasteiger partial charge in [0.25, 0.3) is 0 Å². The highest BCUT2D eigenvalue weighted by atomic mass is 16.7. The second-order valence-corrected chi connectivity index (χ2v) is 13.1. The van der Waals surface area contributed by atoms with Crippen molar-refractivity contribution in [3.8, 4) is 0 Å². The van der Waals surface area contributed by atoms with Gasteiger partial charge >= 0.3 is 11.9 Å². The number of rotatable bonds is 25. The summed E-state index contributed by atoms with van der Waals surface area (Å²) < 4.78 is 32.9. The largest absolute Gasteiger partial charge is 0.462 e. The Morgan fingerprint density at radius 3 is 1.63 bits per heavy atom. The molecule has 0 aromatic rings. The molecule has 2 aliphatic rings. The van der Waals surface area contributed by atoms with E-state index in [4.69, 9.17) is 28.4 Å². The number of carbonyl (C=O) groups excluding carboxylic acids is 2. The first kappa shape index (κ1) is 43.7. The molecule has 49 heavy (non-hydrogen) atoms. The first-order valence-electron chi connectivity index (χ1n) is 18.1. The molecule has 2 heterocycles. The monoisotopic (exact) mass is 710 g/mol. The second kappa shape index (κ2) is 24.6. The fourth-order valence-electron chi connectivity index (χ4n) is 5.68. The first-order valence-corrected chi connectivity index (χ1v) is 18.1. The molecule has 7 N–H and O–H groups in total. The van der Waals surface area contributed by atoms with Crippen molar-refractivity contribution in [3.63, 3.8) is 0 Å². The zero-order valence-electron chi connectivity index (χ0n) is 29.2. The summed E-state index contributed by atoms with van der Waals surface area (Å²) >= 11 is 0. The Bertz CT molecular complexity index is 892. The molecular formula is C34H62O15. The Morgan fingerprint density at radius 2 is 1.04 bits per heavy atom. The van der Waals surface area contributed by atoms with Gasteiger partial charge in [-0.3, -0.25) is 9.59 Å². The van der Waals surface area contributed by atoms with E-state index in [1.54, 1.807) is 0 Å². The molecule has 15 nitrogen and oxygen atoms in total. The molecular weight excluding hydrogens is 648 g/mol. The molecule has 2 fully saturated rings. The zero-order chi connectivity index (χ0) is 36.2. The van der Waals surface area contributed by atoms with E-state index >= 15 is 0 Å². The number of ether oxygens (including phenoxy) is 6. The van der Waals surface area contributed by atoms with Crippen LogP contribution in [-0.4, -0.2) is 142 Å². The lowest BCUT2D eigenvalue weighted by Gasteiger charge is -2.42.